The summed E-state index contributed by atoms with van der Waals surface area (Å²) in [5.74, 6) is 0. The number of allylic oxidation sites excluding steroid dienone is 2. The van der Waals surface area contributed by atoms with Gasteiger partial charge in [0.15, 0.2) is 0 Å². The van der Waals surface area contributed by atoms with Crippen LogP contribution in [0.3, 0.4) is 0 Å². The molecule has 0 aliphatic carbocycles. The van der Waals surface area contributed by atoms with Crippen LogP contribution < -0.4 is 0 Å². The van der Waals surface area contributed by atoms with Gasteiger partial charge in [0, 0.05) is 6.21 Å². The number of rotatable bonds is 3. The van der Waals surface area contributed by atoms with Gasteiger partial charge in [-0.1, -0.05) is 6.08 Å². The van der Waals surface area contributed by atoms with Crippen molar-refractivity contribution in [2.75, 3.05) is 14.1 Å². The van der Waals surface area contributed by atoms with E-state index in [0.717, 1.165) is 0 Å². The maximum absolute atomic E-state index is 4.33. The van der Waals surface area contributed by atoms with Crippen molar-refractivity contribution in [2.45, 2.75) is 26.9 Å². The Morgan fingerprint density at radius 1 is 1.45 bits per heavy atom. The summed E-state index contributed by atoms with van der Waals surface area (Å²) in [6.45, 7) is 6.13. The maximum Gasteiger partial charge on any atom is 0.0985 e. The van der Waals surface area contributed by atoms with Gasteiger partial charge in [0.1, 0.15) is 0 Å². The zero-order valence-electron chi connectivity index (χ0n) is 8.13. The van der Waals surface area contributed by atoms with Gasteiger partial charge >= 0.3 is 0 Å². The molecule has 1 unspecified atom stereocenters. The molecule has 0 rings (SSSR count). The van der Waals surface area contributed by atoms with Crippen molar-refractivity contribution in [2.24, 2.45) is 4.99 Å². The van der Waals surface area contributed by atoms with Crippen molar-refractivity contribution in [1.82, 2.24) is 4.90 Å². The Kier molecular flexibility index (Phi) is 4.79. The summed E-state index contributed by atoms with van der Waals surface area (Å²) in [5.41, 5.74) is 1.21. The molecule has 0 amide bonds. The first-order valence-corrected chi connectivity index (χ1v) is 3.90. The summed E-state index contributed by atoms with van der Waals surface area (Å²) in [4.78, 5) is 6.40. The quantitative estimate of drug-likeness (QED) is 0.567. The van der Waals surface area contributed by atoms with Crippen molar-refractivity contribution in [3.63, 3.8) is 0 Å². The average Bonchev–Trinajstić information content (AvgIpc) is 1.99. The summed E-state index contributed by atoms with van der Waals surface area (Å²) in [5, 5.41) is 0. The lowest BCUT2D eigenvalue weighted by atomic mass is 10.3. The maximum atomic E-state index is 4.33. The van der Waals surface area contributed by atoms with Crippen molar-refractivity contribution in [3.05, 3.63) is 11.6 Å². The van der Waals surface area contributed by atoms with Gasteiger partial charge in [-0.05, 0) is 40.4 Å². The molecule has 0 saturated heterocycles. The van der Waals surface area contributed by atoms with Crippen molar-refractivity contribution >= 4 is 6.21 Å². The number of aliphatic imine (C=N–C) groups is 1. The van der Waals surface area contributed by atoms with Crippen LogP contribution in [0.2, 0.25) is 0 Å². The Morgan fingerprint density at radius 2 is 2.00 bits per heavy atom. The summed E-state index contributed by atoms with van der Waals surface area (Å²) >= 11 is 0. The van der Waals surface area contributed by atoms with Crippen LogP contribution in [-0.4, -0.2) is 31.4 Å². The smallest absolute Gasteiger partial charge is 0.0985 e. The molecule has 0 N–H and O–H groups in total. The zero-order valence-corrected chi connectivity index (χ0v) is 8.13. The fourth-order valence-electron chi connectivity index (χ4n) is 0.433. The second-order valence-corrected chi connectivity index (χ2v) is 2.91. The molecule has 0 fully saturated rings. The highest BCUT2D eigenvalue weighted by molar-refractivity contribution is 5.77. The van der Waals surface area contributed by atoms with Gasteiger partial charge in [-0.25, -0.2) is 0 Å². The van der Waals surface area contributed by atoms with E-state index in [2.05, 4.69) is 16.8 Å². The Hall–Kier alpha value is -0.630. The molecule has 2 heteroatoms. The first-order chi connectivity index (χ1) is 5.07. The summed E-state index contributed by atoms with van der Waals surface area (Å²) < 4.78 is 0. The third kappa shape index (κ3) is 4.73. The highest BCUT2D eigenvalue weighted by Crippen LogP contribution is 1.94. The van der Waals surface area contributed by atoms with Crippen LogP contribution >= 0.6 is 0 Å². The minimum absolute atomic E-state index is 0.268. The standard InChI is InChI=1S/C9H18N2/c1-6-8(2)7-10-9(3)11(4)5/h6-7,9H,1-5H3/b8-6-,10-7?. The molecule has 0 heterocycles. The van der Waals surface area contributed by atoms with Crippen molar-refractivity contribution in [3.8, 4) is 0 Å². The molecule has 0 aromatic heterocycles. The van der Waals surface area contributed by atoms with Crippen LogP contribution in [-0.2, 0) is 0 Å². The monoisotopic (exact) mass is 154 g/mol. The van der Waals surface area contributed by atoms with Crippen LogP contribution in [0.5, 0.6) is 0 Å². The van der Waals surface area contributed by atoms with Crippen LogP contribution in [0.1, 0.15) is 20.8 Å². The average molecular weight is 154 g/mol. The molecular formula is C9H18N2. The molecule has 0 aliphatic heterocycles. The molecule has 0 aliphatic rings. The summed E-state index contributed by atoms with van der Waals surface area (Å²) in [6, 6.07) is 0. The molecule has 1 atom stereocenters. The molecule has 0 bridgehead atoms. The number of hydrogen-bond acceptors (Lipinski definition) is 2. The Morgan fingerprint density at radius 3 is 2.36 bits per heavy atom. The van der Waals surface area contributed by atoms with Crippen LogP contribution in [0.4, 0.5) is 0 Å². The predicted molar refractivity (Wildman–Crippen MR) is 51.1 cm³/mol. The third-order valence-corrected chi connectivity index (χ3v) is 1.70. The fraction of sp³-hybridized carbons (Fsp3) is 0.667. The van der Waals surface area contributed by atoms with Gasteiger partial charge in [0.25, 0.3) is 0 Å². The van der Waals surface area contributed by atoms with E-state index >= 15 is 0 Å². The first-order valence-electron chi connectivity index (χ1n) is 3.90. The van der Waals surface area contributed by atoms with Gasteiger partial charge in [0.05, 0.1) is 6.17 Å². The molecule has 0 aromatic rings. The lowest BCUT2D eigenvalue weighted by molar-refractivity contribution is 0.325. The Balaban J connectivity index is 3.93. The predicted octanol–water partition coefficient (Wildman–Crippen LogP) is 1.93. The van der Waals surface area contributed by atoms with Crippen LogP contribution in [0, 0.1) is 0 Å². The minimum Gasteiger partial charge on any atom is -0.288 e. The van der Waals surface area contributed by atoms with E-state index < -0.39 is 0 Å². The fourth-order valence-corrected chi connectivity index (χ4v) is 0.433. The van der Waals surface area contributed by atoms with Crippen molar-refractivity contribution in [1.29, 1.82) is 0 Å². The van der Waals surface area contributed by atoms with Gasteiger partial charge in [-0.3, -0.25) is 9.89 Å². The van der Waals surface area contributed by atoms with E-state index in [0.29, 0.717) is 0 Å². The second-order valence-electron chi connectivity index (χ2n) is 2.91. The molecular weight excluding hydrogens is 136 g/mol. The zero-order chi connectivity index (χ0) is 8.85. The van der Waals surface area contributed by atoms with Crippen LogP contribution in [0.25, 0.3) is 0 Å². The highest BCUT2D eigenvalue weighted by atomic mass is 15.2. The molecule has 11 heavy (non-hydrogen) atoms. The van der Waals surface area contributed by atoms with E-state index in [9.17, 15) is 0 Å². The Labute approximate surface area is 69.6 Å². The van der Waals surface area contributed by atoms with E-state index in [4.69, 9.17) is 0 Å². The van der Waals surface area contributed by atoms with Gasteiger partial charge in [0.2, 0.25) is 0 Å². The lowest BCUT2D eigenvalue weighted by Gasteiger charge is -2.14. The van der Waals surface area contributed by atoms with E-state index in [-0.39, 0.29) is 6.17 Å². The Bertz CT molecular complexity index is 157. The van der Waals surface area contributed by atoms with Gasteiger partial charge < -0.3 is 0 Å². The first kappa shape index (κ1) is 10.4. The minimum atomic E-state index is 0.268. The van der Waals surface area contributed by atoms with Crippen molar-refractivity contribution < 1.29 is 0 Å². The number of nitrogens with zero attached hydrogens (tertiary/aromatic N) is 2. The molecule has 0 aromatic carbocycles. The normalized spacial score (nSPS) is 16.4. The third-order valence-electron chi connectivity index (χ3n) is 1.70. The second kappa shape index (κ2) is 5.08. The highest BCUT2D eigenvalue weighted by Gasteiger charge is 1.97. The lowest BCUT2D eigenvalue weighted by Crippen LogP contribution is -2.22. The topological polar surface area (TPSA) is 15.6 Å². The van der Waals surface area contributed by atoms with Gasteiger partial charge in [-0.15, -0.1) is 0 Å². The van der Waals surface area contributed by atoms with Gasteiger partial charge in [-0.2, -0.15) is 0 Å². The molecule has 64 valence electrons. The van der Waals surface area contributed by atoms with Crippen LogP contribution in [0.15, 0.2) is 16.6 Å². The summed E-state index contributed by atoms with van der Waals surface area (Å²) in [7, 11) is 4.04. The largest absolute Gasteiger partial charge is 0.288 e. The summed E-state index contributed by atoms with van der Waals surface area (Å²) in [6.07, 6.45) is 4.22. The molecule has 0 radical (unpaired) electrons. The van der Waals surface area contributed by atoms with E-state index in [1.165, 1.54) is 5.57 Å². The molecule has 2 nitrogen and oxygen atoms in total. The van der Waals surface area contributed by atoms with E-state index in [1.54, 1.807) is 0 Å². The SMILES string of the molecule is C/C=C(/C)C=NC(C)N(C)C. The van der Waals surface area contributed by atoms with E-state index in [1.807, 2.05) is 40.2 Å². The molecule has 0 saturated carbocycles. The molecule has 0 spiro atoms. The number of hydrogen-bond donors (Lipinski definition) is 0.